The third-order valence-corrected chi connectivity index (χ3v) is 5.72. The van der Waals surface area contributed by atoms with Crippen molar-refractivity contribution in [1.29, 1.82) is 0 Å². The number of nitrogens with zero attached hydrogens (tertiary/aromatic N) is 4. The summed E-state index contributed by atoms with van der Waals surface area (Å²) >= 11 is 4.59. The van der Waals surface area contributed by atoms with Crippen LogP contribution in [0.4, 0.5) is 5.69 Å². The van der Waals surface area contributed by atoms with Crippen LogP contribution in [0.3, 0.4) is 0 Å². The Morgan fingerprint density at radius 3 is 1.62 bits per heavy atom. The first-order valence-corrected chi connectivity index (χ1v) is 12.5. The lowest BCUT2D eigenvalue weighted by molar-refractivity contribution is -0.145. The Balaban J connectivity index is 3.34. The maximum absolute atomic E-state index is 11.7. The van der Waals surface area contributed by atoms with Gasteiger partial charge in [-0.1, -0.05) is 26.0 Å². The smallest absolute Gasteiger partial charge is 0.317 e. The molecule has 1 atom stereocenters. The predicted octanol–water partition coefficient (Wildman–Crippen LogP) is 0.687. The summed E-state index contributed by atoms with van der Waals surface area (Å²) in [6, 6.07) is 5.97. The highest BCUT2D eigenvalue weighted by atomic mass is 32.1. The van der Waals surface area contributed by atoms with Crippen molar-refractivity contribution in [2.24, 2.45) is 10.4 Å². The minimum atomic E-state index is -1.26. The van der Waals surface area contributed by atoms with Crippen molar-refractivity contribution < 1.29 is 49.5 Å². The Morgan fingerprint density at radius 2 is 1.20 bits per heavy atom. The van der Waals surface area contributed by atoms with Gasteiger partial charge in [0.2, 0.25) is 0 Å². The number of carboxylic acids is 5. The molecule has 0 radical (unpaired) electrons. The second-order valence-corrected chi connectivity index (χ2v) is 10.3. The van der Waals surface area contributed by atoms with Gasteiger partial charge in [-0.15, -0.1) is 0 Å². The Kier molecular flexibility index (Phi) is 14.0. The number of benzene rings is 1. The molecule has 0 aromatic heterocycles. The van der Waals surface area contributed by atoms with Crippen LogP contribution in [0.25, 0.3) is 0 Å². The van der Waals surface area contributed by atoms with Gasteiger partial charge in [-0.3, -0.25) is 38.7 Å². The standard InChI is InChI=1S/C25H34N4O10S/c1-25(2,15-28(10-21(32)33)11-22(34)35)14-27(9-20(30)31)8-19(29(12-23(36)37)13-24(38)39)7-17-3-5-18(6-4-17)26-16-40/h3-6,19H,7-15H2,1-2H3,(H,30,31)(H,32,33)(H,34,35)(H,36,37)(H,38,39). The number of hydrogen-bond donors (Lipinski definition) is 5. The first-order chi connectivity index (χ1) is 18.6. The average molecular weight is 583 g/mol. The Bertz CT molecular complexity index is 1070. The van der Waals surface area contributed by atoms with Crippen LogP contribution in [0, 0.1) is 5.41 Å². The van der Waals surface area contributed by atoms with Crippen LogP contribution in [0.5, 0.6) is 0 Å². The summed E-state index contributed by atoms with van der Waals surface area (Å²) in [6.45, 7) is 0.673. The Morgan fingerprint density at radius 1 is 0.775 bits per heavy atom. The molecule has 0 spiro atoms. The van der Waals surface area contributed by atoms with Crippen molar-refractivity contribution in [3.8, 4) is 0 Å². The van der Waals surface area contributed by atoms with Crippen LogP contribution >= 0.6 is 12.2 Å². The number of carboxylic acid groups (broad SMARTS) is 5. The molecule has 1 unspecified atom stereocenters. The molecule has 15 heteroatoms. The number of hydrogen-bond acceptors (Lipinski definition) is 10. The van der Waals surface area contributed by atoms with Crippen molar-refractivity contribution in [3.63, 3.8) is 0 Å². The van der Waals surface area contributed by atoms with Gasteiger partial charge in [-0.05, 0) is 41.7 Å². The summed E-state index contributed by atoms with van der Waals surface area (Å²) in [6.07, 6.45) is 0.169. The number of isothiocyanates is 1. The van der Waals surface area contributed by atoms with Crippen molar-refractivity contribution in [1.82, 2.24) is 14.7 Å². The summed E-state index contributed by atoms with van der Waals surface area (Å²) in [5.41, 5.74) is 0.429. The molecule has 220 valence electrons. The first kappa shape index (κ1) is 34.3. The van der Waals surface area contributed by atoms with Gasteiger partial charge in [-0.25, -0.2) is 0 Å². The maximum Gasteiger partial charge on any atom is 0.317 e. The Labute approximate surface area is 236 Å². The molecule has 0 saturated carbocycles. The zero-order valence-corrected chi connectivity index (χ0v) is 23.0. The van der Waals surface area contributed by atoms with E-state index in [4.69, 9.17) is 10.2 Å². The highest BCUT2D eigenvalue weighted by molar-refractivity contribution is 7.78. The molecule has 0 aliphatic rings. The zero-order valence-electron chi connectivity index (χ0n) is 22.2. The molecule has 1 aromatic carbocycles. The molecule has 14 nitrogen and oxygen atoms in total. The van der Waals surface area contributed by atoms with Crippen molar-refractivity contribution in [3.05, 3.63) is 29.8 Å². The van der Waals surface area contributed by atoms with Gasteiger partial charge in [-0.2, -0.15) is 4.99 Å². The molecule has 0 saturated heterocycles. The monoisotopic (exact) mass is 582 g/mol. The fraction of sp³-hybridized carbons (Fsp3) is 0.520. The van der Waals surface area contributed by atoms with E-state index >= 15 is 0 Å². The molecule has 0 aliphatic heterocycles. The van der Waals surface area contributed by atoms with E-state index in [0.717, 1.165) is 0 Å². The lowest BCUT2D eigenvalue weighted by atomic mass is 9.91. The minimum absolute atomic E-state index is 0.00219. The molecule has 1 aromatic rings. The van der Waals surface area contributed by atoms with Gasteiger partial charge in [0.25, 0.3) is 0 Å². The SMILES string of the molecule is CC(C)(CN(CC(=O)O)CC(=O)O)CN(CC(=O)O)CC(Cc1ccc(N=C=S)cc1)N(CC(=O)O)CC(=O)O. The maximum atomic E-state index is 11.7. The molecule has 0 heterocycles. The molecule has 1 rings (SSSR count). The third kappa shape index (κ3) is 14.4. The topological polar surface area (TPSA) is 209 Å². The van der Waals surface area contributed by atoms with E-state index in [2.05, 4.69) is 22.4 Å². The number of aliphatic imine (C=N–C) groups is 1. The van der Waals surface area contributed by atoms with E-state index in [1.54, 1.807) is 38.1 Å². The summed E-state index contributed by atoms with van der Waals surface area (Å²) in [4.78, 5) is 65.2. The average Bonchev–Trinajstić information content (AvgIpc) is 2.77. The van der Waals surface area contributed by atoms with Crippen LogP contribution in [0.1, 0.15) is 19.4 Å². The predicted molar refractivity (Wildman–Crippen MR) is 145 cm³/mol. The minimum Gasteiger partial charge on any atom is -0.480 e. The molecule has 0 amide bonds. The fourth-order valence-corrected chi connectivity index (χ4v) is 4.59. The lowest BCUT2D eigenvalue weighted by Crippen LogP contribution is -2.52. The Hall–Kier alpha value is -3.75. The van der Waals surface area contributed by atoms with E-state index in [-0.39, 0.29) is 26.1 Å². The number of thiocarbonyl (C=S) groups is 1. The summed E-state index contributed by atoms with van der Waals surface area (Å²) in [5.74, 6) is -6.16. The second-order valence-electron chi connectivity index (χ2n) is 10.1. The highest BCUT2D eigenvalue weighted by Gasteiger charge is 2.31. The largest absolute Gasteiger partial charge is 0.480 e. The zero-order chi connectivity index (χ0) is 30.5. The van der Waals surface area contributed by atoms with Crippen LogP contribution in [-0.2, 0) is 30.4 Å². The molecule has 0 aliphatic carbocycles. The molecular formula is C25H34N4O10S. The molecule has 5 N–H and O–H groups in total. The quantitative estimate of drug-likeness (QED) is 0.106. The third-order valence-electron chi connectivity index (χ3n) is 5.62. The van der Waals surface area contributed by atoms with Crippen LogP contribution in [0.15, 0.2) is 29.3 Å². The van der Waals surface area contributed by atoms with E-state index < -0.39 is 74.0 Å². The van der Waals surface area contributed by atoms with Crippen LogP contribution in [-0.4, -0.2) is 134 Å². The number of carbonyl (C=O) groups is 5. The fourth-order valence-electron chi connectivity index (χ4n) is 4.49. The van der Waals surface area contributed by atoms with Crippen LogP contribution in [0.2, 0.25) is 0 Å². The number of rotatable bonds is 20. The summed E-state index contributed by atoms with van der Waals surface area (Å²) in [7, 11) is 0. The van der Waals surface area contributed by atoms with Gasteiger partial charge in [0.1, 0.15) is 0 Å². The van der Waals surface area contributed by atoms with Crippen LogP contribution < -0.4 is 0 Å². The van der Waals surface area contributed by atoms with Gasteiger partial charge in [0.05, 0.1) is 43.6 Å². The van der Waals surface area contributed by atoms with Crippen molar-refractivity contribution in [2.75, 3.05) is 52.4 Å². The first-order valence-electron chi connectivity index (χ1n) is 12.0. The van der Waals surface area contributed by atoms with E-state index in [9.17, 15) is 39.3 Å². The highest BCUT2D eigenvalue weighted by Crippen LogP contribution is 2.22. The molecule has 0 fully saturated rings. The van der Waals surface area contributed by atoms with Crippen molar-refractivity contribution >= 4 is 52.9 Å². The van der Waals surface area contributed by atoms with Gasteiger partial charge < -0.3 is 25.5 Å². The summed E-state index contributed by atoms with van der Waals surface area (Å²) in [5, 5.41) is 49.0. The van der Waals surface area contributed by atoms with Gasteiger partial charge >= 0.3 is 29.8 Å². The molecular weight excluding hydrogens is 548 g/mol. The van der Waals surface area contributed by atoms with Gasteiger partial charge in [0, 0.05) is 25.7 Å². The second kappa shape index (κ2) is 16.4. The van der Waals surface area contributed by atoms with Gasteiger partial charge in [0.15, 0.2) is 0 Å². The van der Waals surface area contributed by atoms with E-state index in [1.165, 1.54) is 14.7 Å². The van der Waals surface area contributed by atoms with Crippen molar-refractivity contribution in [2.45, 2.75) is 26.3 Å². The van der Waals surface area contributed by atoms with E-state index in [1.807, 2.05) is 0 Å². The van der Waals surface area contributed by atoms with E-state index in [0.29, 0.717) is 11.3 Å². The molecule has 40 heavy (non-hydrogen) atoms. The number of aliphatic carboxylic acids is 5. The summed E-state index contributed by atoms with van der Waals surface area (Å²) < 4.78 is 0. The normalized spacial score (nSPS) is 12.2. The lowest BCUT2D eigenvalue weighted by Gasteiger charge is -2.38. The molecule has 0 bridgehead atoms.